The number of carboxylic acid groups (broad SMARTS) is 1. The second-order valence-corrected chi connectivity index (χ2v) is 6.73. The van der Waals surface area contributed by atoms with Crippen LogP contribution in [0, 0.1) is 5.41 Å². The fourth-order valence-electron chi connectivity index (χ4n) is 3.83. The standard InChI is InChI=1S/C20H20N2O3/c23-18(20(19(24)25)9-10-21-13-20)22-11-8-16-12-15(6-7-17(16)22)14-4-2-1-3-5-14/h1-7,12,21H,8-11,13H2,(H,24,25). The van der Waals surface area contributed by atoms with Gasteiger partial charge in [-0.05, 0) is 48.2 Å². The first-order chi connectivity index (χ1) is 12.1. The van der Waals surface area contributed by atoms with Crippen LogP contribution in [0.4, 0.5) is 5.69 Å². The summed E-state index contributed by atoms with van der Waals surface area (Å²) in [7, 11) is 0. The largest absolute Gasteiger partial charge is 0.480 e. The van der Waals surface area contributed by atoms with E-state index in [1.165, 1.54) is 0 Å². The number of nitrogens with one attached hydrogen (secondary N) is 1. The topological polar surface area (TPSA) is 69.6 Å². The first kappa shape index (κ1) is 15.8. The molecule has 5 nitrogen and oxygen atoms in total. The van der Waals surface area contributed by atoms with Gasteiger partial charge in [0.1, 0.15) is 0 Å². The van der Waals surface area contributed by atoms with Gasteiger partial charge in [-0.15, -0.1) is 0 Å². The van der Waals surface area contributed by atoms with Gasteiger partial charge in [0.15, 0.2) is 5.41 Å². The highest BCUT2D eigenvalue weighted by molar-refractivity contribution is 6.11. The number of rotatable bonds is 3. The smallest absolute Gasteiger partial charge is 0.320 e. The van der Waals surface area contributed by atoms with E-state index in [1.807, 2.05) is 30.3 Å². The minimum atomic E-state index is -1.33. The Bertz CT molecular complexity index is 826. The van der Waals surface area contributed by atoms with Crippen molar-refractivity contribution in [2.24, 2.45) is 5.41 Å². The number of carbonyl (C=O) groups is 2. The first-order valence-electron chi connectivity index (χ1n) is 8.56. The molecule has 5 heteroatoms. The van der Waals surface area contributed by atoms with E-state index in [9.17, 15) is 14.7 Å². The average Bonchev–Trinajstić information content (AvgIpc) is 3.29. The quantitative estimate of drug-likeness (QED) is 0.844. The van der Waals surface area contributed by atoms with E-state index in [0.29, 0.717) is 19.5 Å². The lowest BCUT2D eigenvalue weighted by Crippen LogP contribution is -2.49. The number of hydrogen-bond donors (Lipinski definition) is 2. The Morgan fingerprint density at radius 3 is 2.56 bits per heavy atom. The van der Waals surface area contributed by atoms with Crippen LogP contribution in [0.5, 0.6) is 0 Å². The van der Waals surface area contributed by atoms with Crippen molar-refractivity contribution in [1.82, 2.24) is 5.32 Å². The third kappa shape index (κ3) is 2.51. The number of amides is 1. The summed E-state index contributed by atoms with van der Waals surface area (Å²) >= 11 is 0. The molecule has 1 amide bonds. The third-order valence-electron chi connectivity index (χ3n) is 5.30. The number of hydrogen-bond acceptors (Lipinski definition) is 3. The highest BCUT2D eigenvalue weighted by Crippen LogP contribution is 2.37. The van der Waals surface area contributed by atoms with E-state index in [4.69, 9.17) is 0 Å². The number of aliphatic carboxylic acids is 1. The summed E-state index contributed by atoms with van der Waals surface area (Å²) in [6.07, 6.45) is 1.10. The molecule has 1 fully saturated rings. The van der Waals surface area contributed by atoms with Crippen LogP contribution in [0.25, 0.3) is 11.1 Å². The van der Waals surface area contributed by atoms with Crippen LogP contribution in [0.3, 0.4) is 0 Å². The van der Waals surface area contributed by atoms with E-state index in [0.717, 1.165) is 28.8 Å². The van der Waals surface area contributed by atoms with Crippen molar-refractivity contribution in [1.29, 1.82) is 0 Å². The van der Waals surface area contributed by atoms with Crippen LogP contribution in [-0.4, -0.2) is 36.6 Å². The third-order valence-corrected chi connectivity index (χ3v) is 5.30. The maximum absolute atomic E-state index is 13.0. The van der Waals surface area contributed by atoms with Crippen LogP contribution in [-0.2, 0) is 16.0 Å². The molecule has 2 aliphatic rings. The molecule has 1 saturated heterocycles. The average molecular weight is 336 g/mol. The fraction of sp³-hybridized carbons (Fsp3) is 0.300. The Morgan fingerprint density at radius 2 is 1.88 bits per heavy atom. The summed E-state index contributed by atoms with van der Waals surface area (Å²) in [5.74, 6) is -1.33. The van der Waals surface area contributed by atoms with E-state index in [-0.39, 0.29) is 12.5 Å². The summed E-state index contributed by atoms with van der Waals surface area (Å²) in [4.78, 5) is 26.5. The molecule has 0 bridgehead atoms. The van der Waals surface area contributed by atoms with Gasteiger partial charge in [-0.2, -0.15) is 0 Å². The Morgan fingerprint density at radius 1 is 1.08 bits per heavy atom. The highest BCUT2D eigenvalue weighted by atomic mass is 16.4. The zero-order valence-electron chi connectivity index (χ0n) is 13.9. The van der Waals surface area contributed by atoms with Gasteiger partial charge in [0.05, 0.1) is 0 Å². The zero-order chi connectivity index (χ0) is 17.4. The van der Waals surface area contributed by atoms with Gasteiger partial charge >= 0.3 is 5.97 Å². The molecular formula is C20H20N2O3. The number of benzene rings is 2. The number of anilines is 1. The Balaban J connectivity index is 1.66. The fourth-order valence-corrected chi connectivity index (χ4v) is 3.83. The van der Waals surface area contributed by atoms with Crippen molar-refractivity contribution in [2.45, 2.75) is 12.8 Å². The number of carbonyl (C=O) groups excluding carboxylic acids is 1. The predicted octanol–water partition coefficient (Wildman–Crippen LogP) is 2.31. The van der Waals surface area contributed by atoms with Gasteiger partial charge in [-0.1, -0.05) is 36.4 Å². The monoisotopic (exact) mass is 336 g/mol. The summed E-state index contributed by atoms with van der Waals surface area (Å²) < 4.78 is 0. The van der Waals surface area contributed by atoms with E-state index in [2.05, 4.69) is 23.5 Å². The molecule has 0 saturated carbocycles. The number of fused-ring (bicyclic) bond motifs is 1. The van der Waals surface area contributed by atoms with Crippen LogP contribution in [0.15, 0.2) is 48.5 Å². The molecule has 128 valence electrons. The molecule has 2 aromatic carbocycles. The molecular weight excluding hydrogens is 316 g/mol. The van der Waals surface area contributed by atoms with Crippen LogP contribution >= 0.6 is 0 Å². The molecule has 0 aliphatic carbocycles. The maximum Gasteiger partial charge on any atom is 0.320 e. The molecule has 4 rings (SSSR count). The Kier molecular flexibility index (Phi) is 3.81. The molecule has 25 heavy (non-hydrogen) atoms. The lowest BCUT2D eigenvalue weighted by Gasteiger charge is -2.28. The van der Waals surface area contributed by atoms with E-state index in [1.54, 1.807) is 4.90 Å². The van der Waals surface area contributed by atoms with Gasteiger partial charge in [0, 0.05) is 18.8 Å². The second-order valence-electron chi connectivity index (χ2n) is 6.73. The SMILES string of the molecule is O=C(O)C1(C(=O)N2CCc3cc(-c4ccccc4)ccc32)CCNC1. The van der Waals surface area contributed by atoms with Gasteiger partial charge < -0.3 is 15.3 Å². The maximum atomic E-state index is 13.0. The predicted molar refractivity (Wildman–Crippen MR) is 95.5 cm³/mol. The van der Waals surface area contributed by atoms with E-state index >= 15 is 0 Å². The van der Waals surface area contributed by atoms with Crippen molar-refractivity contribution in [2.75, 3.05) is 24.5 Å². The van der Waals surface area contributed by atoms with Crippen molar-refractivity contribution in [3.05, 3.63) is 54.1 Å². The van der Waals surface area contributed by atoms with Crippen molar-refractivity contribution in [3.8, 4) is 11.1 Å². The minimum absolute atomic E-state index is 0.203. The number of carboxylic acids is 1. The van der Waals surface area contributed by atoms with Gasteiger partial charge in [-0.3, -0.25) is 9.59 Å². The lowest BCUT2D eigenvalue weighted by molar-refractivity contribution is -0.153. The summed E-state index contributed by atoms with van der Waals surface area (Å²) in [5.41, 5.74) is 2.86. The summed E-state index contributed by atoms with van der Waals surface area (Å²) in [5, 5.41) is 12.7. The normalized spacial score (nSPS) is 22.0. The summed E-state index contributed by atoms with van der Waals surface area (Å²) in [6.45, 7) is 1.31. The van der Waals surface area contributed by atoms with Crippen molar-refractivity contribution < 1.29 is 14.7 Å². The molecule has 2 heterocycles. The van der Waals surface area contributed by atoms with E-state index < -0.39 is 11.4 Å². The van der Waals surface area contributed by atoms with Crippen LogP contribution in [0.1, 0.15) is 12.0 Å². The summed E-state index contributed by atoms with van der Waals surface area (Å²) in [6, 6.07) is 16.2. The molecule has 2 aliphatic heterocycles. The van der Waals surface area contributed by atoms with Gasteiger partial charge in [-0.25, -0.2) is 0 Å². The van der Waals surface area contributed by atoms with Gasteiger partial charge in [0.25, 0.3) is 0 Å². The molecule has 1 atom stereocenters. The van der Waals surface area contributed by atoms with Crippen molar-refractivity contribution >= 4 is 17.6 Å². The Hall–Kier alpha value is -2.66. The second kappa shape index (κ2) is 6.01. The Labute approximate surface area is 146 Å². The molecule has 2 N–H and O–H groups in total. The van der Waals surface area contributed by atoms with Crippen LogP contribution in [0.2, 0.25) is 0 Å². The first-order valence-corrected chi connectivity index (χ1v) is 8.56. The molecule has 0 spiro atoms. The molecule has 2 aromatic rings. The molecule has 0 radical (unpaired) electrons. The zero-order valence-corrected chi connectivity index (χ0v) is 13.9. The van der Waals surface area contributed by atoms with Crippen LogP contribution < -0.4 is 10.2 Å². The van der Waals surface area contributed by atoms with Crippen molar-refractivity contribution in [3.63, 3.8) is 0 Å². The number of nitrogens with zero attached hydrogens (tertiary/aromatic N) is 1. The molecule has 0 aromatic heterocycles. The molecule has 1 unspecified atom stereocenters. The lowest BCUT2D eigenvalue weighted by atomic mass is 9.85. The van der Waals surface area contributed by atoms with Gasteiger partial charge in [0.2, 0.25) is 5.91 Å². The highest BCUT2D eigenvalue weighted by Gasteiger charge is 2.51. The minimum Gasteiger partial charge on any atom is -0.480 e.